The number of halogens is 2. The van der Waals surface area contributed by atoms with E-state index in [-0.39, 0.29) is 29.9 Å². The number of carbonyl (C=O) groups excluding carboxylic acids is 1. The zero-order chi connectivity index (χ0) is 15.8. The van der Waals surface area contributed by atoms with Crippen LogP contribution >= 0.6 is 39.9 Å². The van der Waals surface area contributed by atoms with E-state index in [1.165, 1.54) is 19.3 Å². The van der Waals surface area contributed by atoms with Crippen LogP contribution in [-0.2, 0) is 0 Å². The molecule has 1 aliphatic carbocycles. The third-order valence-electron chi connectivity index (χ3n) is 3.80. The lowest BCUT2D eigenvalue weighted by Gasteiger charge is -2.23. The first-order chi connectivity index (χ1) is 10.6. The molecule has 1 amide bonds. The van der Waals surface area contributed by atoms with E-state index in [9.17, 15) is 4.79 Å². The molecule has 0 atom stereocenters. The molecule has 2 rings (SSSR count). The molecule has 4 N–H and O–H groups in total. The Hall–Kier alpha value is -0.830. The van der Waals surface area contributed by atoms with Gasteiger partial charge in [0.2, 0.25) is 0 Å². The predicted molar refractivity (Wildman–Crippen MR) is 108 cm³/mol. The van der Waals surface area contributed by atoms with Crippen LogP contribution < -0.4 is 16.4 Å². The summed E-state index contributed by atoms with van der Waals surface area (Å²) in [5.74, 6) is 1.18. The fourth-order valence-electron chi connectivity index (χ4n) is 2.17. The highest BCUT2D eigenvalue weighted by Gasteiger charge is 2.16. The molecule has 0 unspecified atom stereocenters. The number of hydrogen-bond donors (Lipinski definition) is 3. The molecule has 1 aliphatic rings. The zero-order valence-corrected chi connectivity index (χ0v) is 17.0. The maximum Gasteiger partial charge on any atom is 0.251 e. The van der Waals surface area contributed by atoms with Crippen LogP contribution in [0.15, 0.2) is 33.7 Å². The summed E-state index contributed by atoms with van der Waals surface area (Å²) in [4.78, 5) is 16.2. The van der Waals surface area contributed by atoms with Crippen LogP contribution in [0.1, 0.15) is 36.0 Å². The molecule has 1 saturated carbocycles. The summed E-state index contributed by atoms with van der Waals surface area (Å²) < 4.78 is 0.963. The minimum Gasteiger partial charge on any atom is -0.370 e. The van der Waals surface area contributed by atoms with Gasteiger partial charge in [0.15, 0.2) is 5.96 Å². The maximum absolute atomic E-state index is 11.9. The molecule has 1 fully saturated rings. The third kappa shape index (κ3) is 7.52. The standard InChI is InChI=1S/C16H23BrN4O.HI/c17-14-7-5-13(6-8-14)15(22)19-9-2-10-20-16(18)21-11-12-3-1-4-12;/h5-8,12H,1-4,9-11H2,(H,19,22)(H3,18,20,21);1H. The lowest BCUT2D eigenvalue weighted by molar-refractivity contribution is 0.0953. The molecule has 0 aromatic heterocycles. The SMILES string of the molecule is I.NC(=NCC1CCC1)NCCCNC(=O)c1ccc(Br)cc1. The molecule has 1 aromatic carbocycles. The predicted octanol–water partition coefficient (Wildman–Crippen LogP) is 2.89. The summed E-state index contributed by atoms with van der Waals surface area (Å²) in [5, 5.41) is 5.96. The highest BCUT2D eigenvalue weighted by Crippen LogP contribution is 2.26. The number of nitrogens with two attached hydrogens (primary N) is 1. The summed E-state index contributed by atoms with van der Waals surface area (Å²) in [7, 11) is 0. The first kappa shape index (κ1) is 20.2. The van der Waals surface area contributed by atoms with Crippen molar-refractivity contribution in [2.24, 2.45) is 16.6 Å². The van der Waals surface area contributed by atoms with Gasteiger partial charge in [-0.1, -0.05) is 22.4 Å². The van der Waals surface area contributed by atoms with Crippen LogP contribution in [0.3, 0.4) is 0 Å². The van der Waals surface area contributed by atoms with Gasteiger partial charge in [-0.15, -0.1) is 24.0 Å². The van der Waals surface area contributed by atoms with Crippen LogP contribution in [0.5, 0.6) is 0 Å². The number of hydrogen-bond acceptors (Lipinski definition) is 2. The van der Waals surface area contributed by atoms with Gasteiger partial charge >= 0.3 is 0 Å². The topological polar surface area (TPSA) is 79.5 Å². The second-order valence-corrected chi connectivity index (χ2v) is 6.48. The Morgan fingerprint density at radius 1 is 1.22 bits per heavy atom. The molecule has 0 bridgehead atoms. The van der Waals surface area contributed by atoms with Crippen molar-refractivity contribution in [3.8, 4) is 0 Å². The lowest BCUT2D eigenvalue weighted by Crippen LogP contribution is -2.35. The molecule has 0 saturated heterocycles. The van der Waals surface area contributed by atoms with Gasteiger partial charge in [-0.3, -0.25) is 9.79 Å². The van der Waals surface area contributed by atoms with Crippen molar-refractivity contribution in [2.45, 2.75) is 25.7 Å². The molecule has 23 heavy (non-hydrogen) atoms. The summed E-state index contributed by atoms with van der Waals surface area (Å²) in [6.45, 7) is 2.15. The molecule has 0 radical (unpaired) electrons. The monoisotopic (exact) mass is 494 g/mol. The molecule has 1 aromatic rings. The van der Waals surface area contributed by atoms with Crippen LogP contribution in [0.4, 0.5) is 0 Å². The zero-order valence-electron chi connectivity index (χ0n) is 13.1. The molecule has 5 nitrogen and oxygen atoms in total. The average molecular weight is 495 g/mol. The number of nitrogens with one attached hydrogen (secondary N) is 2. The molecule has 128 valence electrons. The first-order valence-corrected chi connectivity index (χ1v) is 8.52. The van der Waals surface area contributed by atoms with Crippen LogP contribution in [0.25, 0.3) is 0 Å². The van der Waals surface area contributed by atoms with Gasteiger partial charge in [0.1, 0.15) is 0 Å². The van der Waals surface area contributed by atoms with Crippen LogP contribution in [0.2, 0.25) is 0 Å². The Kier molecular flexibility index (Phi) is 9.54. The number of benzene rings is 1. The fraction of sp³-hybridized carbons (Fsp3) is 0.500. The fourth-order valence-corrected chi connectivity index (χ4v) is 2.43. The van der Waals surface area contributed by atoms with Crippen molar-refractivity contribution in [3.63, 3.8) is 0 Å². The quantitative estimate of drug-likeness (QED) is 0.236. The highest BCUT2D eigenvalue weighted by atomic mass is 127. The minimum absolute atomic E-state index is 0. The van der Waals surface area contributed by atoms with Gasteiger partial charge in [-0.25, -0.2) is 0 Å². The van der Waals surface area contributed by atoms with E-state index in [0.717, 1.165) is 23.4 Å². The van der Waals surface area contributed by atoms with Crippen molar-refractivity contribution in [3.05, 3.63) is 34.3 Å². The van der Waals surface area contributed by atoms with E-state index < -0.39 is 0 Å². The average Bonchev–Trinajstić information content (AvgIpc) is 2.45. The number of nitrogens with zero attached hydrogens (tertiary/aromatic N) is 1. The Labute approximate surface area is 163 Å². The Bertz CT molecular complexity index is 517. The molecular formula is C16H24BrIN4O. The van der Waals surface area contributed by atoms with Crippen molar-refractivity contribution >= 4 is 51.8 Å². The Balaban J connectivity index is 0.00000264. The Morgan fingerprint density at radius 3 is 2.48 bits per heavy atom. The van der Waals surface area contributed by atoms with E-state index >= 15 is 0 Å². The van der Waals surface area contributed by atoms with Crippen LogP contribution in [-0.4, -0.2) is 31.5 Å². The summed E-state index contributed by atoms with van der Waals surface area (Å²) in [6.07, 6.45) is 4.69. The lowest BCUT2D eigenvalue weighted by atomic mass is 9.86. The van der Waals surface area contributed by atoms with Crippen molar-refractivity contribution in [1.29, 1.82) is 0 Å². The largest absolute Gasteiger partial charge is 0.370 e. The number of amides is 1. The van der Waals surface area contributed by atoms with Crippen molar-refractivity contribution in [2.75, 3.05) is 19.6 Å². The second kappa shape index (κ2) is 10.9. The first-order valence-electron chi connectivity index (χ1n) is 7.72. The molecule has 0 spiro atoms. The van der Waals surface area contributed by atoms with E-state index in [2.05, 4.69) is 31.6 Å². The number of rotatable bonds is 7. The summed E-state index contributed by atoms with van der Waals surface area (Å²) in [5.41, 5.74) is 6.46. The number of guanidine groups is 1. The maximum atomic E-state index is 11.9. The van der Waals surface area contributed by atoms with Gasteiger partial charge in [-0.2, -0.15) is 0 Å². The Morgan fingerprint density at radius 2 is 1.87 bits per heavy atom. The van der Waals surface area contributed by atoms with Gasteiger partial charge in [0.25, 0.3) is 5.91 Å². The molecule has 0 aliphatic heterocycles. The van der Waals surface area contributed by atoms with E-state index in [1.54, 1.807) is 12.1 Å². The van der Waals surface area contributed by atoms with Gasteiger partial charge in [0, 0.05) is 29.7 Å². The van der Waals surface area contributed by atoms with Gasteiger partial charge in [-0.05, 0) is 49.4 Å². The highest BCUT2D eigenvalue weighted by molar-refractivity contribution is 14.0. The second-order valence-electron chi connectivity index (χ2n) is 5.57. The third-order valence-corrected chi connectivity index (χ3v) is 4.32. The van der Waals surface area contributed by atoms with Crippen molar-refractivity contribution in [1.82, 2.24) is 10.6 Å². The van der Waals surface area contributed by atoms with Crippen molar-refractivity contribution < 1.29 is 4.79 Å². The smallest absolute Gasteiger partial charge is 0.251 e. The van der Waals surface area contributed by atoms with E-state index in [1.807, 2.05) is 12.1 Å². The molecular weight excluding hydrogens is 471 g/mol. The van der Waals surface area contributed by atoms with E-state index in [4.69, 9.17) is 5.73 Å². The minimum atomic E-state index is -0.0564. The molecule has 7 heteroatoms. The summed E-state index contributed by atoms with van der Waals surface area (Å²) in [6, 6.07) is 7.30. The molecule has 0 heterocycles. The van der Waals surface area contributed by atoms with E-state index in [0.29, 0.717) is 24.6 Å². The van der Waals surface area contributed by atoms with Crippen LogP contribution in [0, 0.1) is 5.92 Å². The van der Waals surface area contributed by atoms with Gasteiger partial charge < -0.3 is 16.4 Å². The number of carbonyl (C=O) groups is 1. The summed E-state index contributed by atoms with van der Waals surface area (Å²) >= 11 is 3.35. The van der Waals surface area contributed by atoms with Gasteiger partial charge in [0.05, 0.1) is 0 Å². The number of aliphatic imine (C=N–C) groups is 1. The normalized spacial score (nSPS) is 14.6.